The van der Waals surface area contributed by atoms with E-state index in [1.165, 1.54) is 0 Å². The molecule has 5 heteroatoms. The van der Waals surface area contributed by atoms with Crippen molar-refractivity contribution < 1.29 is 14.3 Å². The molecule has 0 aromatic heterocycles. The molecule has 1 atom stereocenters. The molecule has 1 fully saturated rings. The van der Waals surface area contributed by atoms with Crippen LogP contribution in [0, 0.1) is 5.92 Å². The number of benzene rings is 1. The number of hydrogen-bond donors (Lipinski definition) is 1. The summed E-state index contributed by atoms with van der Waals surface area (Å²) in [6.45, 7) is 3.70. The Morgan fingerprint density at radius 2 is 1.83 bits per heavy atom. The highest BCUT2D eigenvalue weighted by atomic mass is 35.5. The van der Waals surface area contributed by atoms with E-state index < -0.39 is 5.92 Å². The lowest BCUT2D eigenvalue weighted by Crippen LogP contribution is -2.36. The Hall–Kier alpha value is -1.55. The lowest BCUT2D eigenvalue weighted by atomic mass is 9.88. The van der Waals surface area contributed by atoms with Crippen LogP contribution in [0.2, 0.25) is 5.02 Å². The standard InChI is InChI=1S/C18H24ClNO3/c1-12(2)17(13-7-9-14(19)10-8-13)18(22)23-11-16(21)20-15-5-3-4-6-15/h7-10,12,15,17H,3-6,11H2,1-2H3,(H,20,21)/t17-/m1/s1. The first-order chi connectivity index (χ1) is 11.0. The lowest BCUT2D eigenvalue weighted by Gasteiger charge is -2.20. The van der Waals surface area contributed by atoms with E-state index in [4.69, 9.17) is 16.3 Å². The van der Waals surface area contributed by atoms with Gasteiger partial charge in [0, 0.05) is 11.1 Å². The number of carbonyl (C=O) groups excluding carboxylic acids is 2. The van der Waals surface area contributed by atoms with Gasteiger partial charge in [0.1, 0.15) is 0 Å². The molecule has 1 aromatic rings. The second kappa shape index (κ2) is 8.34. The van der Waals surface area contributed by atoms with Gasteiger partial charge in [-0.25, -0.2) is 0 Å². The Kier molecular flexibility index (Phi) is 6.46. The third-order valence-corrected chi connectivity index (χ3v) is 4.47. The molecule has 1 saturated carbocycles. The van der Waals surface area contributed by atoms with E-state index in [2.05, 4.69) is 5.32 Å². The van der Waals surface area contributed by atoms with Gasteiger partial charge in [-0.3, -0.25) is 9.59 Å². The molecule has 0 aliphatic heterocycles. The zero-order valence-electron chi connectivity index (χ0n) is 13.7. The molecule has 1 aliphatic carbocycles. The molecule has 1 aromatic carbocycles. The van der Waals surface area contributed by atoms with Gasteiger partial charge >= 0.3 is 5.97 Å². The lowest BCUT2D eigenvalue weighted by molar-refractivity contribution is -0.151. The fourth-order valence-electron chi connectivity index (χ4n) is 3.03. The molecule has 1 aliphatic rings. The van der Waals surface area contributed by atoms with Gasteiger partial charge in [0.05, 0.1) is 5.92 Å². The number of hydrogen-bond acceptors (Lipinski definition) is 3. The number of amides is 1. The van der Waals surface area contributed by atoms with Crippen molar-refractivity contribution >= 4 is 23.5 Å². The third-order valence-electron chi connectivity index (χ3n) is 4.22. The van der Waals surface area contributed by atoms with Crippen LogP contribution in [-0.4, -0.2) is 24.5 Å². The molecule has 0 spiro atoms. The monoisotopic (exact) mass is 337 g/mol. The van der Waals surface area contributed by atoms with E-state index in [1.54, 1.807) is 12.1 Å². The smallest absolute Gasteiger partial charge is 0.314 e. The quantitative estimate of drug-likeness (QED) is 0.805. The van der Waals surface area contributed by atoms with Gasteiger partial charge in [0.25, 0.3) is 5.91 Å². The normalized spacial score (nSPS) is 16.3. The van der Waals surface area contributed by atoms with Crippen molar-refractivity contribution in [2.75, 3.05) is 6.61 Å². The summed E-state index contributed by atoms with van der Waals surface area (Å²) in [6.07, 6.45) is 4.33. The summed E-state index contributed by atoms with van der Waals surface area (Å²) in [6, 6.07) is 7.40. The maximum atomic E-state index is 12.4. The molecule has 0 bridgehead atoms. The van der Waals surface area contributed by atoms with Gasteiger partial charge in [-0.05, 0) is 36.5 Å². The molecular weight excluding hydrogens is 314 g/mol. The maximum Gasteiger partial charge on any atom is 0.314 e. The molecule has 0 saturated heterocycles. The summed E-state index contributed by atoms with van der Waals surface area (Å²) in [4.78, 5) is 24.2. The van der Waals surface area contributed by atoms with Gasteiger partial charge in [0.15, 0.2) is 6.61 Å². The van der Waals surface area contributed by atoms with Gasteiger partial charge in [-0.2, -0.15) is 0 Å². The summed E-state index contributed by atoms with van der Waals surface area (Å²) >= 11 is 5.89. The topological polar surface area (TPSA) is 55.4 Å². The zero-order chi connectivity index (χ0) is 16.8. The molecule has 4 nitrogen and oxygen atoms in total. The second-order valence-corrected chi connectivity index (χ2v) is 6.87. The van der Waals surface area contributed by atoms with Gasteiger partial charge in [-0.15, -0.1) is 0 Å². The van der Waals surface area contributed by atoms with Crippen LogP contribution >= 0.6 is 11.6 Å². The van der Waals surface area contributed by atoms with E-state index in [0.29, 0.717) is 5.02 Å². The Morgan fingerprint density at radius 1 is 1.22 bits per heavy atom. The van der Waals surface area contributed by atoms with E-state index in [1.807, 2.05) is 26.0 Å². The highest BCUT2D eigenvalue weighted by Gasteiger charge is 2.26. The predicted octanol–water partition coefficient (Wildman–Crippen LogP) is 3.68. The first-order valence-corrected chi connectivity index (χ1v) is 8.56. The largest absolute Gasteiger partial charge is 0.455 e. The second-order valence-electron chi connectivity index (χ2n) is 6.43. The molecule has 2 rings (SSSR count). The van der Waals surface area contributed by atoms with E-state index >= 15 is 0 Å². The average molecular weight is 338 g/mol. The van der Waals surface area contributed by atoms with Crippen molar-refractivity contribution in [1.82, 2.24) is 5.32 Å². The van der Waals surface area contributed by atoms with Gasteiger partial charge < -0.3 is 10.1 Å². The number of ether oxygens (including phenoxy) is 1. The molecular formula is C18H24ClNO3. The van der Waals surface area contributed by atoms with Gasteiger partial charge in [-0.1, -0.05) is 50.4 Å². The van der Waals surface area contributed by atoms with Crippen molar-refractivity contribution in [3.8, 4) is 0 Å². The van der Waals surface area contributed by atoms with Crippen LogP contribution in [0.5, 0.6) is 0 Å². The molecule has 1 amide bonds. The number of nitrogens with one attached hydrogen (secondary N) is 1. The minimum atomic E-state index is -0.397. The molecule has 0 radical (unpaired) electrons. The van der Waals surface area contributed by atoms with Crippen LogP contribution in [0.15, 0.2) is 24.3 Å². The molecule has 126 valence electrons. The highest BCUT2D eigenvalue weighted by Crippen LogP contribution is 2.27. The molecule has 0 unspecified atom stereocenters. The number of esters is 1. The maximum absolute atomic E-state index is 12.4. The summed E-state index contributed by atoms with van der Waals surface area (Å²) in [5.74, 6) is -0.916. The minimum absolute atomic E-state index is 0.0709. The fourth-order valence-corrected chi connectivity index (χ4v) is 3.16. The van der Waals surface area contributed by atoms with Crippen LogP contribution in [-0.2, 0) is 14.3 Å². The van der Waals surface area contributed by atoms with Crippen molar-refractivity contribution in [2.45, 2.75) is 51.5 Å². The van der Waals surface area contributed by atoms with Crippen LogP contribution in [0.1, 0.15) is 51.0 Å². The third kappa shape index (κ3) is 5.24. The average Bonchev–Trinajstić information content (AvgIpc) is 3.00. The Balaban J connectivity index is 1.90. The van der Waals surface area contributed by atoms with Crippen molar-refractivity contribution in [3.63, 3.8) is 0 Å². The zero-order valence-corrected chi connectivity index (χ0v) is 14.4. The highest BCUT2D eigenvalue weighted by molar-refractivity contribution is 6.30. The fraction of sp³-hybridized carbons (Fsp3) is 0.556. The minimum Gasteiger partial charge on any atom is -0.455 e. The van der Waals surface area contributed by atoms with Gasteiger partial charge in [0.2, 0.25) is 0 Å². The number of halogens is 1. The van der Waals surface area contributed by atoms with Crippen LogP contribution in [0.25, 0.3) is 0 Å². The van der Waals surface area contributed by atoms with Crippen molar-refractivity contribution in [2.24, 2.45) is 5.92 Å². The van der Waals surface area contributed by atoms with Crippen molar-refractivity contribution in [3.05, 3.63) is 34.9 Å². The molecule has 23 heavy (non-hydrogen) atoms. The summed E-state index contributed by atoms with van der Waals surface area (Å²) < 4.78 is 5.24. The molecule has 1 N–H and O–H groups in total. The first kappa shape index (κ1) is 17.8. The van der Waals surface area contributed by atoms with Crippen LogP contribution < -0.4 is 5.32 Å². The van der Waals surface area contributed by atoms with E-state index in [9.17, 15) is 9.59 Å². The first-order valence-electron chi connectivity index (χ1n) is 8.19. The Morgan fingerprint density at radius 3 is 2.39 bits per heavy atom. The summed E-state index contributed by atoms with van der Waals surface area (Å²) in [5, 5.41) is 3.54. The number of carbonyl (C=O) groups is 2. The Bertz CT molecular complexity index is 536. The van der Waals surface area contributed by atoms with Crippen LogP contribution in [0.3, 0.4) is 0 Å². The number of rotatable bonds is 6. The Labute approximate surface area is 142 Å². The molecule has 0 heterocycles. The summed E-state index contributed by atoms with van der Waals surface area (Å²) in [7, 11) is 0. The van der Waals surface area contributed by atoms with Crippen molar-refractivity contribution in [1.29, 1.82) is 0 Å². The van der Waals surface area contributed by atoms with E-state index in [0.717, 1.165) is 31.2 Å². The van der Waals surface area contributed by atoms with Crippen LogP contribution in [0.4, 0.5) is 0 Å². The van der Waals surface area contributed by atoms with E-state index in [-0.39, 0.29) is 30.4 Å². The predicted molar refractivity (Wildman–Crippen MR) is 90.4 cm³/mol. The summed E-state index contributed by atoms with van der Waals surface area (Å²) in [5.41, 5.74) is 0.852. The SMILES string of the molecule is CC(C)[C@@H](C(=O)OCC(=O)NC1CCCC1)c1ccc(Cl)cc1.